The van der Waals surface area contributed by atoms with Gasteiger partial charge in [0.1, 0.15) is 11.2 Å². The molecule has 0 atom stereocenters. The second-order valence-electron chi connectivity index (χ2n) is 11.6. The van der Waals surface area contributed by atoms with Crippen LogP contribution in [-0.2, 0) is 5.41 Å². The molecular formula is C40H31NO. The lowest BCUT2D eigenvalue weighted by molar-refractivity contribution is 0.660. The van der Waals surface area contributed by atoms with Gasteiger partial charge < -0.3 is 9.32 Å². The Hall–Kier alpha value is -5.08. The van der Waals surface area contributed by atoms with Crippen molar-refractivity contribution in [2.75, 3.05) is 4.90 Å². The van der Waals surface area contributed by atoms with E-state index in [4.69, 9.17) is 8.53 Å². The SMILES string of the molecule is [2H]C([2H])([2H])c1ccc(N(c2ccc3c(c2)-c2c(-c4ccccc4)cccc2C3(C)C)c2ccc3c(c2)oc2ccccc23)cc1. The molecule has 0 spiro atoms. The summed E-state index contributed by atoms with van der Waals surface area (Å²) in [6.07, 6.45) is 0. The van der Waals surface area contributed by atoms with Gasteiger partial charge in [0.25, 0.3) is 0 Å². The van der Waals surface area contributed by atoms with E-state index in [9.17, 15) is 0 Å². The zero-order chi connectivity index (χ0) is 30.9. The lowest BCUT2D eigenvalue weighted by atomic mass is 9.82. The van der Waals surface area contributed by atoms with Crippen LogP contribution in [0.4, 0.5) is 17.1 Å². The van der Waals surface area contributed by atoms with Gasteiger partial charge >= 0.3 is 0 Å². The van der Waals surface area contributed by atoms with Crippen LogP contribution < -0.4 is 4.90 Å². The van der Waals surface area contributed by atoms with Crippen LogP contribution in [-0.4, -0.2) is 0 Å². The van der Waals surface area contributed by atoms with Gasteiger partial charge in [-0.15, -0.1) is 0 Å². The zero-order valence-corrected chi connectivity index (χ0v) is 23.6. The quantitative estimate of drug-likeness (QED) is 0.219. The summed E-state index contributed by atoms with van der Waals surface area (Å²) in [4.78, 5) is 2.19. The highest BCUT2D eigenvalue weighted by Crippen LogP contribution is 2.53. The maximum absolute atomic E-state index is 7.91. The van der Waals surface area contributed by atoms with E-state index in [1.807, 2.05) is 30.3 Å². The Morgan fingerprint density at radius 3 is 2.12 bits per heavy atom. The molecule has 0 saturated carbocycles. The average Bonchev–Trinajstić information content (AvgIpc) is 3.53. The van der Waals surface area contributed by atoms with Gasteiger partial charge in [0.05, 0.1) is 0 Å². The molecule has 1 heterocycles. The minimum Gasteiger partial charge on any atom is -0.456 e. The zero-order valence-electron chi connectivity index (χ0n) is 26.6. The van der Waals surface area contributed by atoms with Crippen LogP contribution in [0, 0.1) is 6.85 Å². The standard InChI is InChI=1S/C40H31NO/c1-26-16-18-28(19-17-26)41(30-20-22-33-32-12-7-8-15-37(32)42-38(33)25-30)29-21-23-35-34(24-29)39-31(27-10-5-4-6-11-27)13-9-14-36(39)40(35,2)3/h4-25H,1-3H3/i1D3. The summed E-state index contributed by atoms with van der Waals surface area (Å²) >= 11 is 0. The van der Waals surface area contributed by atoms with Crippen molar-refractivity contribution in [3.8, 4) is 22.3 Å². The smallest absolute Gasteiger partial charge is 0.137 e. The molecule has 0 N–H and O–H groups in total. The van der Waals surface area contributed by atoms with Gasteiger partial charge in [-0.1, -0.05) is 104 Å². The summed E-state index contributed by atoms with van der Waals surface area (Å²) in [5.41, 5.74) is 12.1. The fourth-order valence-corrected chi connectivity index (χ4v) is 6.70. The molecule has 8 rings (SSSR count). The van der Waals surface area contributed by atoms with Crippen molar-refractivity contribution in [1.29, 1.82) is 0 Å². The van der Waals surface area contributed by atoms with E-state index >= 15 is 0 Å². The minimum absolute atomic E-state index is 0.159. The molecule has 1 aliphatic rings. The van der Waals surface area contributed by atoms with Crippen LogP contribution in [0.5, 0.6) is 0 Å². The number of para-hydroxylation sites is 1. The van der Waals surface area contributed by atoms with E-state index in [0.717, 1.165) is 39.0 Å². The van der Waals surface area contributed by atoms with Gasteiger partial charge in [0.2, 0.25) is 0 Å². The van der Waals surface area contributed by atoms with E-state index < -0.39 is 6.85 Å². The first kappa shape index (κ1) is 21.6. The third-order valence-electron chi connectivity index (χ3n) is 8.77. The van der Waals surface area contributed by atoms with Crippen molar-refractivity contribution in [3.63, 3.8) is 0 Å². The number of rotatable bonds is 4. The number of anilines is 3. The van der Waals surface area contributed by atoms with Crippen molar-refractivity contribution >= 4 is 39.0 Å². The van der Waals surface area contributed by atoms with Crippen molar-refractivity contribution in [2.24, 2.45) is 0 Å². The monoisotopic (exact) mass is 544 g/mol. The van der Waals surface area contributed by atoms with Crippen molar-refractivity contribution < 1.29 is 8.53 Å². The fraction of sp³-hybridized carbons (Fsp3) is 0.100. The molecule has 6 aromatic carbocycles. The summed E-state index contributed by atoms with van der Waals surface area (Å²) in [6, 6.07) is 45.5. The molecule has 1 aliphatic carbocycles. The molecule has 202 valence electrons. The highest BCUT2D eigenvalue weighted by Gasteiger charge is 2.37. The third-order valence-corrected chi connectivity index (χ3v) is 8.77. The van der Waals surface area contributed by atoms with Crippen LogP contribution in [0.3, 0.4) is 0 Å². The van der Waals surface area contributed by atoms with Crippen LogP contribution in [0.25, 0.3) is 44.2 Å². The van der Waals surface area contributed by atoms with Crippen LogP contribution in [0.1, 0.15) is 34.7 Å². The predicted molar refractivity (Wildman–Crippen MR) is 176 cm³/mol. The number of furan rings is 1. The molecule has 0 amide bonds. The summed E-state index contributed by atoms with van der Waals surface area (Å²) in [5, 5.41) is 2.14. The Labute approximate surface area is 250 Å². The molecule has 0 saturated heterocycles. The third kappa shape index (κ3) is 3.72. The first-order valence-electron chi connectivity index (χ1n) is 15.9. The van der Waals surface area contributed by atoms with Crippen LogP contribution in [0.2, 0.25) is 0 Å². The summed E-state index contributed by atoms with van der Waals surface area (Å²) < 4.78 is 30.0. The molecule has 0 unspecified atom stereocenters. The maximum atomic E-state index is 7.91. The van der Waals surface area contributed by atoms with E-state index in [1.54, 1.807) is 12.1 Å². The number of benzene rings is 6. The number of hydrogen-bond donors (Lipinski definition) is 0. The van der Waals surface area contributed by atoms with E-state index in [1.165, 1.54) is 33.4 Å². The van der Waals surface area contributed by atoms with Crippen LogP contribution >= 0.6 is 0 Å². The van der Waals surface area contributed by atoms with Gasteiger partial charge in [-0.05, 0) is 82.7 Å². The van der Waals surface area contributed by atoms with Gasteiger partial charge in [-0.3, -0.25) is 0 Å². The van der Waals surface area contributed by atoms with Gasteiger partial charge in [0.15, 0.2) is 0 Å². The second-order valence-corrected chi connectivity index (χ2v) is 11.6. The molecule has 0 radical (unpaired) electrons. The van der Waals surface area contributed by atoms with Crippen molar-refractivity contribution in [1.82, 2.24) is 0 Å². The largest absolute Gasteiger partial charge is 0.456 e. The fourth-order valence-electron chi connectivity index (χ4n) is 6.70. The van der Waals surface area contributed by atoms with E-state index in [-0.39, 0.29) is 5.41 Å². The van der Waals surface area contributed by atoms with Gasteiger partial charge in [0, 0.05) is 43.4 Å². The Morgan fingerprint density at radius 1 is 0.571 bits per heavy atom. The first-order chi connectivity index (χ1) is 21.7. The Bertz CT molecular complexity index is 2230. The minimum atomic E-state index is -2.17. The lowest BCUT2D eigenvalue weighted by Crippen LogP contribution is -2.15. The second kappa shape index (κ2) is 9.22. The maximum Gasteiger partial charge on any atom is 0.137 e. The predicted octanol–water partition coefficient (Wildman–Crippen LogP) is 11.3. The number of aryl methyl sites for hydroxylation is 1. The Balaban J connectivity index is 1.34. The average molecular weight is 545 g/mol. The molecular weight excluding hydrogens is 510 g/mol. The van der Waals surface area contributed by atoms with Gasteiger partial charge in [-0.2, -0.15) is 0 Å². The normalized spacial score (nSPS) is 14.7. The van der Waals surface area contributed by atoms with Crippen LogP contribution in [0.15, 0.2) is 138 Å². The van der Waals surface area contributed by atoms with E-state index in [2.05, 4.69) is 110 Å². The van der Waals surface area contributed by atoms with Crippen molar-refractivity contribution in [3.05, 3.63) is 150 Å². The first-order valence-corrected chi connectivity index (χ1v) is 14.4. The number of hydrogen-bond acceptors (Lipinski definition) is 2. The van der Waals surface area contributed by atoms with Crippen molar-refractivity contribution in [2.45, 2.75) is 26.1 Å². The molecule has 2 heteroatoms. The highest BCUT2D eigenvalue weighted by atomic mass is 16.3. The van der Waals surface area contributed by atoms with E-state index in [0.29, 0.717) is 5.56 Å². The number of fused-ring (bicyclic) bond motifs is 6. The lowest BCUT2D eigenvalue weighted by Gasteiger charge is -2.27. The molecule has 0 bridgehead atoms. The molecule has 0 aliphatic heterocycles. The molecule has 7 aromatic rings. The Morgan fingerprint density at radius 2 is 1.29 bits per heavy atom. The summed E-state index contributed by atoms with van der Waals surface area (Å²) in [5.74, 6) is 0. The summed E-state index contributed by atoms with van der Waals surface area (Å²) in [7, 11) is 0. The topological polar surface area (TPSA) is 16.4 Å². The molecule has 1 aromatic heterocycles. The Kier molecular flexibility index (Phi) is 4.75. The highest BCUT2D eigenvalue weighted by molar-refractivity contribution is 6.06. The summed E-state index contributed by atoms with van der Waals surface area (Å²) in [6.45, 7) is 2.42. The number of nitrogens with zero attached hydrogens (tertiary/aromatic N) is 1. The molecule has 2 nitrogen and oxygen atoms in total. The molecule has 0 fully saturated rings. The van der Waals surface area contributed by atoms with Gasteiger partial charge in [-0.25, -0.2) is 0 Å². The molecule has 42 heavy (non-hydrogen) atoms.